The highest BCUT2D eigenvalue weighted by Crippen LogP contribution is 2.13. The lowest BCUT2D eigenvalue weighted by Gasteiger charge is -2.02. The van der Waals surface area contributed by atoms with E-state index in [2.05, 4.69) is 4.98 Å². The summed E-state index contributed by atoms with van der Waals surface area (Å²) in [5.74, 6) is -0.0750. The number of H-pyrrole nitrogens is 1. The minimum absolute atomic E-state index is 0.0750. The normalized spacial score (nSPS) is 11.8. The molecule has 0 amide bonds. The Hall–Kier alpha value is -1.62. The summed E-state index contributed by atoms with van der Waals surface area (Å²) in [5.41, 5.74) is 0.0862. The molecule has 0 bridgehead atoms. The summed E-state index contributed by atoms with van der Waals surface area (Å²) in [5, 5.41) is 0.717. The average Bonchev–Trinajstić information content (AvgIpc) is 2.28. The van der Waals surface area contributed by atoms with Crippen molar-refractivity contribution in [2.24, 2.45) is 0 Å². The van der Waals surface area contributed by atoms with Gasteiger partial charge < -0.3 is 4.98 Å². The van der Waals surface area contributed by atoms with Gasteiger partial charge in [-0.2, -0.15) is 0 Å². The summed E-state index contributed by atoms with van der Waals surface area (Å²) < 4.78 is 23.3. The summed E-state index contributed by atoms with van der Waals surface area (Å²) in [6, 6.07) is 8.50. The number of sulfone groups is 1. The van der Waals surface area contributed by atoms with Gasteiger partial charge in [0.05, 0.1) is 5.75 Å². The third-order valence-electron chi connectivity index (χ3n) is 2.43. The van der Waals surface area contributed by atoms with Crippen LogP contribution in [0.2, 0.25) is 0 Å². The van der Waals surface area contributed by atoms with Gasteiger partial charge in [0.1, 0.15) is 4.90 Å². The minimum atomic E-state index is -3.46. The number of hydrogen-bond acceptors (Lipinski definition) is 3. The van der Waals surface area contributed by atoms with Gasteiger partial charge in [-0.15, -0.1) is 0 Å². The number of para-hydroxylation sites is 1. The lowest BCUT2D eigenvalue weighted by atomic mass is 10.2. The Labute approximate surface area is 92.8 Å². The molecular weight excluding hydrogens is 226 g/mol. The lowest BCUT2D eigenvalue weighted by Crippen LogP contribution is -2.18. The molecule has 0 atom stereocenters. The van der Waals surface area contributed by atoms with E-state index in [9.17, 15) is 13.2 Å². The Morgan fingerprint density at radius 3 is 2.62 bits per heavy atom. The Morgan fingerprint density at radius 2 is 1.94 bits per heavy atom. The fourth-order valence-corrected chi connectivity index (χ4v) is 2.46. The van der Waals surface area contributed by atoms with Gasteiger partial charge in [-0.1, -0.05) is 25.1 Å². The summed E-state index contributed by atoms with van der Waals surface area (Å²) in [7, 11) is -3.46. The molecule has 84 valence electrons. The van der Waals surface area contributed by atoms with Crippen LogP contribution >= 0.6 is 0 Å². The van der Waals surface area contributed by atoms with Gasteiger partial charge in [0, 0.05) is 5.52 Å². The maximum Gasteiger partial charge on any atom is 0.267 e. The molecule has 0 radical (unpaired) electrons. The second-order valence-corrected chi connectivity index (χ2v) is 5.70. The van der Waals surface area contributed by atoms with Crippen molar-refractivity contribution in [2.45, 2.75) is 11.8 Å². The largest absolute Gasteiger partial charge is 0.321 e. The zero-order valence-corrected chi connectivity index (χ0v) is 9.54. The molecule has 1 aromatic carbocycles. The Balaban J connectivity index is 2.83. The zero-order chi connectivity index (χ0) is 11.8. The van der Waals surface area contributed by atoms with E-state index in [1.165, 1.54) is 13.0 Å². The van der Waals surface area contributed by atoms with Crippen molar-refractivity contribution in [2.75, 3.05) is 5.75 Å². The topological polar surface area (TPSA) is 67.0 Å². The monoisotopic (exact) mass is 237 g/mol. The van der Waals surface area contributed by atoms with Crippen molar-refractivity contribution < 1.29 is 8.42 Å². The number of rotatable bonds is 2. The highest BCUT2D eigenvalue weighted by atomic mass is 32.2. The molecule has 0 saturated heterocycles. The van der Waals surface area contributed by atoms with Crippen LogP contribution in [0.15, 0.2) is 40.0 Å². The number of benzene rings is 1. The number of aromatic nitrogens is 1. The van der Waals surface area contributed by atoms with Crippen LogP contribution in [0.25, 0.3) is 10.9 Å². The Bertz CT molecular complexity index is 686. The van der Waals surface area contributed by atoms with E-state index in [1.807, 2.05) is 0 Å². The molecule has 0 saturated carbocycles. The van der Waals surface area contributed by atoms with Crippen LogP contribution in [0, 0.1) is 0 Å². The molecule has 5 heteroatoms. The molecule has 0 aliphatic heterocycles. The minimum Gasteiger partial charge on any atom is -0.321 e. The Morgan fingerprint density at radius 1 is 1.25 bits per heavy atom. The lowest BCUT2D eigenvalue weighted by molar-refractivity contribution is 0.596. The first-order valence-corrected chi connectivity index (χ1v) is 6.54. The van der Waals surface area contributed by atoms with Crippen LogP contribution in [0.5, 0.6) is 0 Å². The first-order valence-electron chi connectivity index (χ1n) is 4.89. The van der Waals surface area contributed by atoms with Gasteiger partial charge >= 0.3 is 0 Å². The predicted molar refractivity (Wildman–Crippen MR) is 62.3 cm³/mol. The zero-order valence-electron chi connectivity index (χ0n) is 8.73. The smallest absolute Gasteiger partial charge is 0.267 e. The van der Waals surface area contributed by atoms with Gasteiger partial charge in [-0.05, 0) is 17.5 Å². The second-order valence-electron chi connectivity index (χ2n) is 3.45. The molecule has 1 N–H and O–H groups in total. The van der Waals surface area contributed by atoms with Crippen molar-refractivity contribution in [3.8, 4) is 0 Å². The van der Waals surface area contributed by atoms with Gasteiger partial charge in [0.25, 0.3) is 5.56 Å². The fraction of sp³-hybridized carbons (Fsp3) is 0.182. The van der Waals surface area contributed by atoms with Crippen molar-refractivity contribution >= 4 is 20.7 Å². The van der Waals surface area contributed by atoms with Crippen LogP contribution in [0.1, 0.15) is 6.92 Å². The maximum atomic E-state index is 11.6. The standard InChI is InChI=1S/C11H11NO3S/c1-2-16(14,15)10-7-8-5-3-4-6-9(8)12-11(10)13/h3-7H,2H2,1H3,(H,12,13). The quantitative estimate of drug-likeness (QED) is 0.856. The Kier molecular flexibility index (Phi) is 2.55. The molecule has 2 rings (SSSR count). The summed E-state index contributed by atoms with van der Waals surface area (Å²) in [4.78, 5) is 14.0. The molecule has 1 aromatic heterocycles. The van der Waals surface area contributed by atoms with E-state index < -0.39 is 15.4 Å². The van der Waals surface area contributed by atoms with Crippen LogP contribution < -0.4 is 5.56 Å². The van der Waals surface area contributed by atoms with Crippen LogP contribution in [0.3, 0.4) is 0 Å². The van der Waals surface area contributed by atoms with Crippen molar-refractivity contribution in [1.82, 2.24) is 4.98 Å². The van der Waals surface area contributed by atoms with Crippen LogP contribution in [-0.2, 0) is 9.84 Å². The highest BCUT2D eigenvalue weighted by molar-refractivity contribution is 7.91. The molecule has 0 aliphatic carbocycles. The van der Waals surface area contributed by atoms with E-state index in [-0.39, 0.29) is 10.6 Å². The van der Waals surface area contributed by atoms with Gasteiger partial charge in [0.15, 0.2) is 9.84 Å². The number of hydrogen-bond donors (Lipinski definition) is 1. The summed E-state index contributed by atoms with van der Waals surface area (Å²) in [6.45, 7) is 1.52. The number of pyridine rings is 1. The summed E-state index contributed by atoms with van der Waals surface area (Å²) >= 11 is 0. The van der Waals surface area contributed by atoms with Crippen molar-refractivity contribution in [1.29, 1.82) is 0 Å². The van der Waals surface area contributed by atoms with Crippen LogP contribution in [-0.4, -0.2) is 19.2 Å². The second kappa shape index (κ2) is 3.75. The van der Waals surface area contributed by atoms with E-state index in [0.29, 0.717) is 10.9 Å². The third-order valence-corrected chi connectivity index (χ3v) is 4.17. The molecule has 0 unspecified atom stereocenters. The van der Waals surface area contributed by atoms with Crippen molar-refractivity contribution in [3.05, 3.63) is 40.7 Å². The molecule has 0 fully saturated rings. The fourth-order valence-electron chi connectivity index (χ4n) is 1.51. The number of fused-ring (bicyclic) bond motifs is 1. The third kappa shape index (κ3) is 1.74. The molecular formula is C11H11NO3S. The molecule has 4 nitrogen and oxygen atoms in total. The summed E-state index contributed by atoms with van der Waals surface area (Å²) in [6.07, 6.45) is 0. The molecule has 2 aromatic rings. The van der Waals surface area contributed by atoms with Gasteiger partial charge in [-0.25, -0.2) is 8.42 Å². The first kappa shape index (κ1) is 10.9. The van der Waals surface area contributed by atoms with E-state index in [0.717, 1.165) is 0 Å². The maximum absolute atomic E-state index is 11.6. The first-order chi connectivity index (χ1) is 7.54. The average molecular weight is 237 g/mol. The van der Waals surface area contributed by atoms with E-state index >= 15 is 0 Å². The number of aromatic amines is 1. The SMILES string of the molecule is CCS(=O)(=O)c1cc2ccccc2[nH]c1=O. The van der Waals surface area contributed by atoms with Crippen molar-refractivity contribution in [3.63, 3.8) is 0 Å². The predicted octanol–water partition coefficient (Wildman–Crippen LogP) is 1.32. The van der Waals surface area contributed by atoms with E-state index in [4.69, 9.17) is 0 Å². The van der Waals surface area contributed by atoms with Crippen LogP contribution in [0.4, 0.5) is 0 Å². The van der Waals surface area contributed by atoms with E-state index in [1.54, 1.807) is 24.3 Å². The molecule has 1 heterocycles. The molecule has 0 spiro atoms. The van der Waals surface area contributed by atoms with Gasteiger partial charge in [0.2, 0.25) is 0 Å². The number of nitrogens with one attached hydrogen (secondary N) is 1. The van der Waals surface area contributed by atoms with Gasteiger partial charge in [-0.3, -0.25) is 4.79 Å². The highest BCUT2D eigenvalue weighted by Gasteiger charge is 2.16. The molecule has 16 heavy (non-hydrogen) atoms. The molecule has 0 aliphatic rings.